The van der Waals surface area contributed by atoms with Crippen LogP contribution in [0.5, 0.6) is 5.75 Å². The Hall–Kier alpha value is -3.22. The maximum atomic E-state index is 12.4. The van der Waals surface area contributed by atoms with Crippen LogP contribution in [0.15, 0.2) is 49.2 Å². The first-order chi connectivity index (χ1) is 12.9. The standard InChI is InChI=1S/C20H23N5O2/c1-13(2)18-7-6-17(9-14(18)3)27-15(4)20(26)24-16-5-8-19(22-10-16)25-12-21-11-23-25/h5-13,15H,1-4H3,(H,24,26). The molecule has 3 aromatic rings. The van der Waals surface area contributed by atoms with Gasteiger partial charge in [0.1, 0.15) is 18.4 Å². The van der Waals surface area contributed by atoms with Crippen molar-refractivity contribution in [1.82, 2.24) is 19.7 Å². The summed E-state index contributed by atoms with van der Waals surface area (Å²) in [4.78, 5) is 20.5. The molecule has 0 saturated carbocycles. The van der Waals surface area contributed by atoms with Gasteiger partial charge in [-0.1, -0.05) is 19.9 Å². The number of hydrogen-bond acceptors (Lipinski definition) is 5. The average Bonchev–Trinajstić information content (AvgIpc) is 3.16. The number of ether oxygens (including phenoxy) is 1. The second kappa shape index (κ2) is 7.99. The number of amides is 1. The Kier molecular flexibility index (Phi) is 5.49. The van der Waals surface area contributed by atoms with E-state index in [0.717, 1.165) is 5.56 Å². The molecule has 0 saturated heterocycles. The molecule has 1 amide bonds. The molecule has 0 radical (unpaired) electrons. The van der Waals surface area contributed by atoms with Gasteiger partial charge in [-0.2, -0.15) is 5.10 Å². The molecule has 140 valence electrons. The molecule has 27 heavy (non-hydrogen) atoms. The summed E-state index contributed by atoms with van der Waals surface area (Å²) in [6, 6.07) is 9.43. The van der Waals surface area contributed by atoms with Gasteiger partial charge in [-0.25, -0.2) is 14.6 Å². The minimum absolute atomic E-state index is 0.240. The highest BCUT2D eigenvalue weighted by Crippen LogP contribution is 2.24. The lowest BCUT2D eigenvalue weighted by Crippen LogP contribution is -2.30. The number of aryl methyl sites for hydroxylation is 1. The van der Waals surface area contributed by atoms with Crippen LogP contribution < -0.4 is 10.1 Å². The van der Waals surface area contributed by atoms with E-state index in [0.29, 0.717) is 23.2 Å². The van der Waals surface area contributed by atoms with E-state index in [1.165, 1.54) is 11.9 Å². The molecule has 1 atom stereocenters. The molecule has 1 aromatic carbocycles. The van der Waals surface area contributed by atoms with Gasteiger partial charge in [-0.3, -0.25) is 4.79 Å². The Balaban J connectivity index is 1.61. The first-order valence-corrected chi connectivity index (χ1v) is 8.83. The zero-order valence-corrected chi connectivity index (χ0v) is 15.9. The van der Waals surface area contributed by atoms with Crippen LogP contribution in [0.25, 0.3) is 5.82 Å². The van der Waals surface area contributed by atoms with Crippen molar-refractivity contribution < 1.29 is 9.53 Å². The molecule has 0 aliphatic heterocycles. The monoisotopic (exact) mass is 365 g/mol. The summed E-state index contributed by atoms with van der Waals surface area (Å²) < 4.78 is 7.33. The summed E-state index contributed by atoms with van der Waals surface area (Å²) in [7, 11) is 0. The van der Waals surface area contributed by atoms with Gasteiger partial charge in [-0.05, 0) is 55.2 Å². The number of benzene rings is 1. The zero-order valence-electron chi connectivity index (χ0n) is 15.9. The van der Waals surface area contributed by atoms with Gasteiger partial charge in [0.05, 0.1) is 11.9 Å². The Morgan fingerprint density at radius 1 is 1.19 bits per heavy atom. The van der Waals surface area contributed by atoms with Crippen LogP contribution in [0, 0.1) is 6.92 Å². The topological polar surface area (TPSA) is 81.9 Å². The maximum Gasteiger partial charge on any atom is 0.265 e. The van der Waals surface area contributed by atoms with Crippen LogP contribution in [0.3, 0.4) is 0 Å². The van der Waals surface area contributed by atoms with Crippen molar-refractivity contribution in [3.05, 3.63) is 60.3 Å². The molecule has 0 aliphatic carbocycles. The van der Waals surface area contributed by atoms with Crippen molar-refractivity contribution in [2.45, 2.75) is 39.7 Å². The van der Waals surface area contributed by atoms with Crippen LogP contribution in [-0.4, -0.2) is 31.8 Å². The van der Waals surface area contributed by atoms with E-state index in [4.69, 9.17) is 4.74 Å². The van der Waals surface area contributed by atoms with E-state index < -0.39 is 6.10 Å². The number of hydrogen-bond donors (Lipinski definition) is 1. The molecule has 7 heteroatoms. The van der Waals surface area contributed by atoms with Gasteiger partial charge in [0.25, 0.3) is 5.91 Å². The molecular weight excluding hydrogens is 342 g/mol. The summed E-state index contributed by atoms with van der Waals surface area (Å²) in [5, 5.41) is 6.82. The molecule has 0 spiro atoms. The molecule has 0 aliphatic rings. The van der Waals surface area contributed by atoms with Crippen molar-refractivity contribution >= 4 is 11.6 Å². The molecule has 0 fully saturated rings. The third-order valence-corrected chi connectivity index (χ3v) is 4.21. The molecule has 3 rings (SSSR count). The number of pyridine rings is 1. The number of nitrogens with one attached hydrogen (secondary N) is 1. The van der Waals surface area contributed by atoms with Gasteiger partial charge >= 0.3 is 0 Å². The highest BCUT2D eigenvalue weighted by molar-refractivity contribution is 5.94. The van der Waals surface area contributed by atoms with E-state index in [-0.39, 0.29) is 5.91 Å². The van der Waals surface area contributed by atoms with Crippen LogP contribution in [0.1, 0.15) is 37.8 Å². The van der Waals surface area contributed by atoms with Crippen molar-refractivity contribution in [2.24, 2.45) is 0 Å². The van der Waals surface area contributed by atoms with Crippen molar-refractivity contribution in [3.8, 4) is 11.6 Å². The van der Waals surface area contributed by atoms with Gasteiger partial charge in [-0.15, -0.1) is 0 Å². The Labute approximate surface area is 158 Å². The Morgan fingerprint density at radius 3 is 2.59 bits per heavy atom. The van der Waals surface area contributed by atoms with Crippen LogP contribution in [0.2, 0.25) is 0 Å². The summed E-state index contributed by atoms with van der Waals surface area (Å²) in [6.07, 6.45) is 3.93. The molecule has 1 N–H and O–H groups in total. The predicted octanol–water partition coefficient (Wildman–Crippen LogP) is 3.50. The Morgan fingerprint density at radius 2 is 2.00 bits per heavy atom. The van der Waals surface area contributed by atoms with Crippen molar-refractivity contribution in [2.75, 3.05) is 5.32 Å². The van der Waals surface area contributed by atoms with Crippen LogP contribution in [0.4, 0.5) is 5.69 Å². The molecule has 0 bridgehead atoms. The van der Waals surface area contributed by atoms with Crippen LogP contribution >= 0.6 is 0 Å². The Bertz CT molecular complexity index is 905. The first kappa shape index (κ1) is 18.6. The average molecular weight is 365 g/mol. The predicted molar refractivity (Wildman–Crippen MR) is 103 cm³/mol. The van der Waals surface area contributed by atoms with E-state index in [9.17, 15) is 4.79 Å². The number of nitrogens with zero attached hydrogens (tertiary/aromatic N) is 4. The third-order valence-electron chi connectivity index (χ3n) is 4.21. The molecule has 2 aromatic heterocycles. The molecule has 2 heterocycles. The minimum Gasteiger partial charge on any atom is -0.481 e. The van der Waals surface area contributed by atoms with E-state index >= 15 is 0 Å². The largest absolute Gasteiger partial charge is 0.481 e. The lowest BCUT2D eigenvalue weighted by atomic mass is 9.98. The zero-order chi connectivity index (χ0) is 19.4. The number of carbonyl (C=O) groups is 1. The quantitative estimate of drug-likeness (QED) is 0.723. The third kappa shape index (κ3) is 4.49. The molecule has 7 nitrogen and oxygen atoms in total. The van der Waals surface area contributed by atoms with E-state index in [2.05, 4.69) is 41.2 Å². The van der Waals surface area contributed by atoms with Gasteiger partial charge in [0, 0.05) is 0 Å². The van der Waals surface area contributed by atoms with Crippen LogP contribution in [-0.2, 0) is 4.79 Å². The lowest BCUT2D eigenvalue weighted by Gasteiger charge is -2.17. The van der Waals surface area contributed by atoms with Crippen molar-refractivity contribution in [1.29, 1.82) is 0 Å². The fourth-order valence-corrected chi connectivity index (χ4v) is 2.79. The summed E-state index contributed by atoms with van der Waals surface area (Å²) in [5.41, 5.74) is 3.02. The maximum absolute atomic E-state index is 12.4. The van der Waals surface area contributed by atoms with E-state index in [1.54, 1.807) is 36.3 Å². The highest BCUT2D eigenvalue weighted by Gasteiger charge is 2.16. The second-order valence-electron chi connectivity index (χ2n) is 6.67. The normalized spacial score (nSPS) is 12.0. The molecule has 1 unspecified atom stereocenters. The van der Waals surface area contributed by atoms with E-state index in [1.807, 2.05) is 18.2 Å². The fraction of sp³-hybridized carbons (Fsp3) is 0.300. The lowest BCUT2D eigenvalue weighted by molar-refractivity contribution is -0.122. The fourth-order valence-electron chi connectivity index (χ4n) is 2.79. The van der Waals surface area contributed by atoms with Gasteiger partial charge in [0.2, 0.25) is 0 Å². The second-order valence-corrected chi connectivity index (χ2v) is 6.67. The SMILES string of the molecule is Cc1cc(OC(C)C(=O)Nc2ccc(-n3cncn3)nc2)ccc1C(C)C. The molecular formula is C20H23N5O2. The minimum atomic E-state index is -0.635. The number of rotatable bonds is 6. The number of carbonyl (C=O) groups excluding carboxylic acids is 1. The summed E-state index contributed by atoms with van der Waals surface area (Å²) in [5.74, 6) is 1.51. The summed E-state index contributed by atoms with van der Waals surface area (Å²) in [6.45, 7) is 8.08. The first-order valence-electron chi connectivity index (χ1n) is 8.83. The smallest absolute Gasteiger partial charge is 0.265 e. The van der Waals surface area contributed by atoms with Gasteiger partial charge < -0.3 is 10.1 Å². The van der Waals surface area contributed by atoms with Gasteiger partial charge in [0.15, 0.2) is 11.9 Å². The number of aromatic nitrogens is 4. The van der Waals surface area contributed by atoms with Crippen molar-refractivity contribution in [3.63, 3.8) is 0 Å². The number of anilines is 1. The highest BCUT2D eigenvalue weighted by atomic mass is 16.5. The summed E-state index contributed by atoms with van der Waals surface area (Å²) >= 11 is 0.